The quantitative estimate of drug-likeness (QED) is 0.552. The molecule has 0 bridgehead atoms. The lowest BCUT2D eigenvalue weighted by atomic mass is 9.89. The van der Waals surface area contributed by atoms with Gasteiger partial charge in [-0.25, -0.2) is 0 Å². The van der Waals surface area contributed by atoms with Gasteiger partial charge in [0.25, 0.3) is 0 Å². The first-order chi connectivity index (χ1) is 6.04. The Balaban J connectivity index is 4.15. The highest BCUT2D eigenvalue weighted by Crippen LogP contribution is 2.16. The summed E-state index contributed by atoms with van der Waals surface area (Å²) in [5.41, 5.74) is 0. The third-order valence-electron chi connectivity index (χ3n) is 2.34. The van der Waals surface area contributed by atoms with Crippen molar-refractivity contribution in [3.8, 4) is 0 Å². The Bertz CT molecular complexity index is 156. The minimum atomic E-state index is -0.670. The first-order valence-electron chi connectivity index (χ1n) is 4.64. The molecule has 0 aliphatic carbocycles. The molecule has 0 aromatic rings. The normalized spacial score (nSPS) is 21.4. The average Bonchev–Trinajstić information content (AvgIpc) is 2.14. The standard InChI is InChI=1S/C10H20O3/c1-4-5-9(12)8(3)10(13)7(2)6-11/h4-5,7-13H,6H2,1-3H3/b5-4+/t7?,8-,9-,10?/m0/s1. The Morgan fingerprint density at radius 1 is 1.23 bits per heavy atom. The van der Waals surface area contributed by atoms with Crippen molar-refractivity contribution in [1.29, 1.82) is 0 Å². The van der Waals surface area contributed by atoms with Gasteiger partial charge in [-0.3, -0.25) is 0 Å². The van der Waals surface area contributed by atoms with Crippen LogP contribution in [0.2, 0.25) is 0 Å². The Hall–Kier alpha value is -0.380. The molecule has 0 aromatic carbocycles. The monoisotopic (exact) mass is 188 g/mol. The van der Waals surface area contributed by atoms with E-state index in [0.717, 1.165) is 0 Å². The van der Waals surface area contributed by atoms with E-state index in [1.807, 2.05) is 6.92 Å². The van der Waals surface area contributed by atoms with Gasteiger partial charge in [0.2, 0.25) is 0 Å². The minimum Gasteiger partial charge on any atom is -0.396 e. The maximum Gasteiger partial charge on any atom is 0.0771 e. The number of aliphatic hydroxyl groups is 3. The molecule has 0 rings (SSSR count). The van der Waals surface area contributed by atoms with Crippen LogP contribution in [-0.2, 0) is 0 Å². The van der Waals surface area contributed by atoms with Crippen LogP contribution in [0.5, 0.6) is 0 Å². The molecular weight excluding hydrogens is 168 g/mol. The van der Waals surface area contributed by atoms with Crippen LogP contribution in [0.25, 0.3) is 0 Å². The molecule has 13 heavy (non-hydrogen) atoms. The summed E-state index contributed by atoms with van der Waals surface area (Å²) < 4.78 is 0. The summed E-state index contributed by atoms with van der Waals surface area (Å²) in [6, 6.07) is 0. The Kier molecular flexibility index (Phi) is 5.95. The van der Waals surface area contributed by atoms with E-state index in [2.05, 4.69) is 0 Å². The van der Waals surface area contributed by atoms with Crippen molar-refractivity contribution in [2.45, 2.75) is 33.0 Å². The number of aliphatic hydroxyl groups excluding tert-OH is 3. The molecule has 0 aromatic heterocycles. The predicted molar refractivity (Wildman–Crippen MR) is 52.2 cm³/mol. The smallest absolute Gasteiger partial charge is 0.0771 e. The van der Waals surface area contributed by atoms with Gasteiger partial charge >= 0.3 is 0 Å². The maximum atomic E-state index is 9.63. The second kappa shape index (κ2) is 6.13. The molecule has 0 heterocycles. The number of rotatable bonds is 5. The van der Waals surface area contributed by atoms with E-state index in [0.29, 0.717) is 0 Å². The molecule has 0 radical (unpaired) electrons. The molecule has 0 fully saturated rings. The summed E-state index contributed by atoms with van der Waals surface area (Å²) in [6.07, 6.45) is 2.07. The summed E-state index contributed by atoms with van der Waals surface area (Å²) >= 11 is 0. The van der Waals surface area contributed by atoms with Crippen LogP contribution in [0, 0.1) is 11.8 Å². The Morgan fingerprint density at radius 3 is 2.15 bits per heavy atom. The van der Waals surface area contributed by atoms with Crippen molar-refractivity contribution in [3.05, 3.63) is 12.2 Å². The van der Waals surface area contributed by atoms with Gasteiger partial charge in [0, 0.05) is 18.4 Å². The van der Waals surface area contributed by atoms with Crippen LogP contribution in [0.1, 0.15) is 20.8 Å². The fraction of sp³-hybridized carbons (Fsp3) is 0.800. The zero-order valence-electron chi connectivity index (χ0n) is 8.51. The van der Waals surface area contributed by atoms with Crippen molar-refractivity contribution >= 4 is 0 Å². The molecule has 3 nitrogen and oxygen atoms in total. The van der Waals surface area contributed by atoms with Crippen molar-refractivity contribution in [2.24, 2.45) is 11.8 Å². The number of allylic oxidation sites excluding steroid dienone is 1. The van der Waals surface area contributed by atoms with Gasteiger partial charge in [0.15, 0.2) is 0 Å². The van der Waals surface area contributed by atoms with Crippen molar-refractivity contribution < 1.29 is 15.3 Å². The SMILES string of the molecule is C/C=C/[C@H](O)[C@H](C)C(O)C(C)CO. The maximum absolute atomic E-state index is 9.63. The van der Waals surface area contributed by atoms with Crippen LogP contribution >= 0.6 is 0 Å². The van der Waals surface area contributed by atoms with Crippen LogP contribution in [0.3, 0.4) is 0 Å². The molecule has 3 N–H and O–H groups in total. The lowest BCUT2D eigenvalue weighted by Crippen LogP contribution is -2.34. The van der Waals surface area contributed by atoms with Crippen LogP contribution in [0.4, 0.5) is 0 Å². The van der Waals surface area contributed by atoms with Gasteiger partial charge in [0.05, 0.1) is 12.2 Å². The zero-order chi connectivity index (χ0) is 10.4. The first-order valence-corrected chi connectivity index (χ1v) is 4.64. The Morgan fingerprint density at radius 2 is 1.77 bits per heavy atom. The largest absolute Gasteiger partial charge is 0.396 e. The summed E-state index contributed by atoms with van der Waals surface area (Å²) in [5.74, 6) is -0.451. The lowest BCUT2D eigenvalue weighted by Gasteiger charge is -2.25. The predicted octanol–water partition coefficient (Wildman–Crippen LogP) is 0.549. The molecule has 0 aliphatic rings. The molecule has 0 amide bonds. The van der Waals surface area contributed by atoms with Gasteiger partial charge in [-0.15, -0.1) is 0 Å². The fourth-order valence-electron chi connectivity index (χ4n) is 1.20. The second-order valence-electron chi connectivity index (χ2n) is 3.53. The summed E-state index contributed by atoms with van der Waals surface area (Å²) in [6.45, 7) is 5.27. The minimum absolute atomic E-state index is 0.0614. The molecular formula is C10H20O3. The van der Waals surface area contributed by atoms with E-state index in [9.17, 15) is 10.2 Å². The molecule has 4 atom stereocenters. The fourth-order valence-corrected chi connectivity index (χ4v) is 1.20. The van der Waals surface area contributed by atoms with Gasteiger partial charge in [0.1, 0.15) is 0 Å². The summed E-state index contributed by atoms with van der Waals surface area (Å²) in [5, 5.41) is 27.9. The molecule has 2 unspecified atom stereocenters. The van der Waals surface area contributed by atoms with Gasteiger partial charge in [-0.2, -0.15) is 0 Å². The summed E-state index contributed by atoms with van der Waals surface area (Å²) in [4.78, 5) is 0. The van der Waals surface area contributed by atoms with E-state index in [4.69, 9.17) is 5.11 Å². The van der Waals surface area contributed by atoms with Gasteiger partial charge in [-0.1, -0.05) is 26.0 Å². The molecule has 0 aliphatic heterocycles. The van der Waals surface area contributed by atoms with Gasteiger partial charge in [-0.05, 0) is 6.92 Å². The highest BCUT2D eigenvalue weighted by Gasteiger charge is 2.24. The van der Waals surface area contributed by atoms with E-state index in [-0.39, 0.29) is 18.4 Å². The highest BCUT2D eigenvalue weighted by atomic mass is 16.3. The second-order valence-corrected chi connectivity index (χ2v) is 3.53. The van der Waals surface area contributed by atoms with E-state index >= 15 is 0 Å². The first kappa shape index (κ1) is 12.6. The third kappa shape index (κ3) is 3.89. The lowest BCUT2D eigenvalue weighted by molar-refractivity contribution is -0.00417. The average molecular weight is 188 g/mol. The molecule has 3 heteroatoms. The zero-order valence-corrected chi connectivity index (χ0v) is 8.51. The van der Waals surface area contributed by atoms with E-state index in [1.165, 1.54) is 0 Å². The molecule has 0 saturated carbocycles. The van der Waals surface area contributed by atoms with Crippen molar-refractivity contribution in [3.63, 3.8) is 0 Å². The van der Waals surface area contributed by atoms with Crippen LogP contribution in [-0.4, -0.2) is 34.1 Å². The molecule has 0 spiro atoms. The summed E-state index contributed by atoms with van der Waals surface area (Å²) in [7, 11) is 0. The van der Waals surface area contributed by atoms with E-state index in [1.54, 1.807) is 26.0 Å². The third-order valence-corrected chi connectivity index (χ3v) is 2.34. The topological polar surface area (TPSA) is 60.7 Å². The van der Waals surface area contributed by atoms with E-state index < -0.39 is 12.2 Å². The van der Waals surface area contributed by atoms with Crippen molar-refractivity contribution in [1.82, 2.24) is 0 Å². The number of hydrogen-bond donors (Lipinski definition) is 3. The highest BCUT2D eigenvalue weighted by molar-refractivity contribution is 4.91. The molecule has 0 saturated heterocycles. The Labute approximate surface area is 79.7 Å². The molecule has 78 valence electrons. The van der Waals surface area contributed by atoms with Crippen LogP contribution < -0.4 is 0 Å². The van der Waals surface area contributed by atoms with Gasteiger partial charge < -0.3 is 15.3 Å². The number of hydrogen-bond acceptors (Lipinski definition) is 3. The van der Waals surface area contributed by atoms with Crippen LogP contribution in [0.15, 0.2) is 12.2 Å². The van der Waals surface area contributed by atoms with Crippen molar-refractivity contribution in [2.75, 3.05) is 6.61 Å².